The van der Waals surface area contributed by atoms with Crippen molar-refractivity contribution in [2.75, 3.05) is 23.9 Å². The van der Waals surface area contributed by atoms with Crippen LogP contribution in [0.2, 0.25) is 0 Å². The van der Waals surface area contributed by atoms with Crippen molar-refractivity contribution >= 4 is 29.0 Å². The summed E-state index contributed by atoms with van der Waals surface area (Å²) < 4.78 is 41.8. The van der Waals surface area contributed by atoms with Crippen LogP contribution in [0.1, 0.15) is 34.8 Å². The van der Waals surface area contributed by atoms with Gasteiger partial charge in [-0.15, -0.1) is 11.6 Å². The molecule has 2 N–H and O–H groups in total. The number of nitrogens with zero attached hydrogens (tertiary/aromatic N) is 4. The maximum absolute atomic E-state index is 13.7. The number of aromatic amines is 1. The zero-order chi connectivity index (χ0) is 22.2. The molecule has 8 nitrogen and oxygen atoms in total. The van der Waals surface area contributed by atoms with Gasteiger partial charge in [-0.1, -0.05) is 0 Å². The van der Waals surface area contributed by atoms with Crippen molar-refractivity contribution in [3.63, 3.8) is 0 Å². The number of carbonyl (C=O) groups is 1. The highest BCUT2D eigenvalue weighted by Crippen LogP contribution is 2.34. The topological polar surface area (TPSA) is 95.4 Å². The fourth-order valence-electron chi connectivity index (χ4n) is 3.62. The quantitative estimate of drug-likeness (QED) is 0.558. The molecule has 1 aliphatic rings. The number of amides is 1. The third kappa shape index (κ3) is 4.22. The highest BCUT2D eigenvalue weighted by molar-refractivity contribution is 6.18. The molecule has 1 atom stereocenters. The SMILES string of the molecule is O=C(NCC(F)(F)CCl)c1cnn2ccc(N3CCC[C@@H]3c3cc(F)c[nH]c3=O)nc12. The molecular formula is C19H18ClF3N6O2. The maximum atomic E-state index is 13.7. The van der Waals surface area contributed by atoms with E-state index in [0.717, 1.165) is 12.6 Å². The van der Waals surface area contributed by atoms with Crippen molar-refractivity contribution in [1.82, 2.24) is 24.9 Å². The molecule has 12 heteroatoms. The zero-order valence-electron chi connectivity index (χ0n) is 16.1. The van der Waals surface area contributed by atoms with Crippen LogP contribution in [0.15, 0.2) is 35.5 Å². The molecule has 1 amide bonds. The lowest BCUT2D eigenvalue weighted by molar-refractivity contribution is 0.0257. The fraction of sp³-hybridized carbons (Fsp3) is 0.368. The molecule has 4 rings (SSSR count). The number of H-pyrrole nitrogens is 1. The average Bonchev–Trinajstić information content (AvgIpc) is 3.40. The van der Waals surface area contributed by atoms with Crippen LogP contribution < -0.4 is 15.8 Å². The Hall–Kier alpha value is -3.08. The predicted molar refractivity (Wildman–Crippen MR) is 107 cm³/mol. The molecule has 0 aromatic carbocycles. The first kappa shape index (κ1) is 21.2. The van der Waals surface area contributed by atoms with E-state index >= 15 is 0 Å². The van der Waals surface area contributed by atoms with Gasteiger partial charge in [-0.25, -0.2) is 22.7 Å². The van der Waals surface area contributed by atoms with E-state index in [-0.39, 0.29) is 22.3 Å². The van der Waals surface area contributed by atoms with Gasteiger partial charge < -0.3 is 15.2 Å². The van der Waals surface area contributed by atoms with E-state index in [0.29, 0.717) is 18.8 Å². The summed E-state index contributed by atoms with van der Waals surface area (Å²) in [7, 11) is 0. The Morgan fingerprint density at radius 3 is 3.00 bits per heavy atom. The second kappa shape index (κ2) is 8.22. The monoisotopic (exact) mass is 454 g/mol. The van der Waals surface area contributed by atoms with E-state index in [1.807, 2.05) is 4.90 Å². The molecular weight excluding hydrogens is 437 g/mol. The Labute approximate surface area is 179 Å². The fourth-order valence-corrected chi connectivity index (χ4v) is 3.71. The Morgan fingerprint density at radius 2 is 2.23 bits per heavy atom. The summed E-state index contributed by atoms with van der Waals surface area (Å²) in [5.41, 5.74) is 0.0903. The van der Waals surface area contributed by atoms with Crippen molar-refractivity contribution in [1.29, 1.82) is 0 Å². The first-order valence-electron chi connectivity index (χ1n) is 9.50. The van der Waals surface area contributed by atoms with Crippen LogP contribution in [-0.2, 0) is 0 Å². The second-order valence-corrected chi connectivity index (χ2v) is 7.51. The predicted octanol–water partition coefficient (Wildman–Crippen LogP) is 2.50. The number of carbonyl (C=O) groups excluding carboxylic acids is 1. The molecule has 0 aliphatic carbocycles. The average molecular weight is 455 g/mol. The van der Waals surface area contributed by atoms with E-state index in [1.54, 1.807) is 12.3 Å². The molecule has 1 saturated heterocycles. The molecule has 0 bridgehead atoms. The Bertz CT molecular complexity index is 1180. The number of nitrogens with one attached hydrogen (secondary N) is 2. The van der Waals surface area contributed by atoms with E-state index in [1.165, 1.54) is 16.8 Å². The van der Waals surface area contributed by atoms with E-state index in [4.69, 9.17) is 11.6 Å². The summed E-state index contributed by atoms with van der Waals surface area (Å²) >= 11 is 5.19. The minimum absolute atomic E-state index is 0.0200. The van der Waals surface area contributed by atoms with Gasteiger partial charge in [0.1, 0.15) is 17.2 Å². The molecule has 0 radical (unpaired) electrons. The van der Waals surface area contributed by atoms with Gasteiger partial charge >= 0.3 is 0 Å². The lowest BCUT2D eigenvalue weighted by atomic mass is 10.1. The van der Waals surface area contributed by atoms with Gasteiger partial charge in [0, 0.05) is 24.5 Å². The summed E-state index contributed by atoms with van der Waals surface area (Å²) in [6.07, 6.45) is 5.19. The third-order valence-electron chi connectivity index (χ3n) is 5.10. The van der Waals surface area contributed by atoms with Crippen LogP contribution in [0.25, 0.3) is 5.65 Å². The Morgan fingerprint density at radius 1 is 1.42 bits per heavy atom. The van der Waals surface area contributed by atoms with Crippen LogP contribution in [0.3, 0.4) is 0 Å². The first-order valence-corrected chi connectivity index (χ1v) is 10.0. The number of aromatic nitrogens is 4. The number of rotatable bonds is 6. The Balaban J connectivity index is 1.64. The smallest absolute Gasteiger partial charge is 0.278 e. The van der Waals surface area contributed by atoms with Gasteiger partial charge in [0.05, 0.1) is 24.7 Å². The second-order valence-electron chi connectivity index (χ2n) is 7.24. The minimum atomic E-state index is -3.24. The summed E-state index contributed by atoms with van der Waals surface area (Å²) in [6, 6.07) is 2.47. The number of anilines is 1. The van der Waals surface area contributed by atoms with E-state index < -0.39 is 36.1 Å². The zero-order valence-corrected chi connectivity index (χ0v) is 16.9. The van der Waals surface area contributed by atoms with E-state index in [9.17, 15) is 22.8 Å². The number of hydrogen-bond acceptors (Lipinski definition) is 5. The van der Waals surface area contributed by atoms with Crippen LogP contribution in [0.5, 0.6) is 0 Å². The van der Waals surface area contributed by atoms with Gasteiger partial charge in [-0.2, -0.15) is 5.10 Å². The summed E-state index contributed by atoms with van der Waals surface area (Å²) in [5.74, 6) is -5.00. The molecule has 1 aliphatic heterocycles. The number of hydrogen-bond donors (Lipinski definition) is 2. The highest BCUT2D eigenvalue weighted by atomic mass is 35.5. The summed E-state index contributed by atoms with van der Waals surface area (Å²) in [4.78, 5) is 33.3. The number of alkyl halides is 3. The standard InChI is InChI=1S/C19H18ClF3N6O2/c20-9-19(22,23)10-25-18(31)13-8-26-29-5-3-15(27-16(13)29)28-4-1-2-14(28)12-6-11(21)7-24-17(12)30/h3,5-8,14H,1-2,4,9-10H2,(H,24,30)(H,25,31)/t14-/m1/s1. The van der Waals surface area contributed by atoms with E-state index in [2.05, 4.69) is 20.4 Å². The molecule has 3 aromatic heterocycles. The van der Waals surface area contributed by atoms with Gasteiger partial charge in [0.2, 0.25) is 0 Å². The molecule has 0 unspecified atom stereocenters. The largest absolute Gasteiger partial charge is 0.349 e. The van der Waals surface area contributed by atoms with Crippen molar-refractivity contribution in [2.24, 2.45) is 0 Å². The van der Waals surface area contributed by atoms with Crippen molar-refractivity contribution < 1.29 is 18.0 Å². The molecule has 0 spiro atoms. The lowest BCUT2D eigenvalue weighted by Gasteiger charge is -2.25. The summed E-state index contributed by atoms with van der Waals surface area (Å²) in [6.45, 7) is -0.343. The van der Waals surface area contributed by atoms with Gasteiger partial charge in [0.25, 0.3) is 17.4 Å². The third-order valence-corrected chi connectivity index (χ3v) is 5.50. The molecule has 0 saturated carbocycles. The molecule has 31 heavy (non-hydrogen) atoms. The van der Waals surface area contributed by atoms with Crippen molar-refractivity contribution in [2.45, 2.75) is 24.8 Å². The minimum Gasteiger partial charge on any atom is -0.349 e. The van der Waals surface area contributed by atoms with Crippen LogP contribution >= 0.6 is 11.6 Å². The molecule has 1 fully saturated rings. The van der Waals surface area contributed by atoms with Crippen LogP contribution in [0, 0.1) is 5.82 Å². The van der Waals surface area contributed by atoms with Gasteiger partial charge in [0.15, 0.2) is 5.65 Å². The maximum Gasteiger partial charge on any atom is 0.278 e. The highest BCUT2D eigenvalue weighted by Gasteiger charge is 2.31. The first-order chi connectivity index (χ1) is 14.8. The van der Waals surface area contributed by atoms with Gasteiger partial charge in [-0.3, -0.25) is 9.59 Å². The summed E-state index contributed by atoms with van der Waals surface area (Å²) in [5, 5.41) is 6.17. The van der Waals surface area contributed by atoms with Crippen molar-refractivity contribution in [3.8, 4) is 0 Å². The number of halogens is 4. The lowest BCUT2D eigenvalue weighted by Crippen LogP contribution is -2.37. The molecule has 164 valence electrons. The van der Waals surface area contributed by atoms with Gasteiger partial charge in [-0.05, 0) is 25.0 Å². The van der Waals surface area contributed by atoms with Crippen molar-refractivity contribution in [3.05, 3.63) is 58.0 Å². The Kier molecular flexibility index (Phi) is 5.61. The number of pyridine rings is 1. The van der Waals surface area contributed by atoms with Crippen LogP contribution in [0.4, 0.5) is 19.0 Å². The molecule has 3 aromatic rings. The van der Waals surface area contributed by atoms with Crippen LogP contribution in [-0.4, -0.2) is 50.4 Å². The number of fused-ring (bicyclic) bond motifs is 1. The molecule has 4 heterocycles. The normalized spacial score (nSPS) is 16.8.